The number of carbonyl (C=O) groups is 2. The number of nitrogens with zero attached hydrogens (tertiary/aromatic N) is 2. The highest BCUT2D eigenvalue weighted by molar-refractivity contribution is 5.94. The van der Waals surface area contributed by atoms with Gasteiger partial charge in [0.1, 0.15) is 0 Å². The zero-order valence-corrected chi connectivity index (χ0v) is 16.4. The van der Waals surface area contributed by atoms with E-state index in [4.69, 9.17) is 5.11 Å². The second-order valence-corrected chi connectivity index (χ2v) is 8.14. The van der Waals surface area contributed by atoms with Gasteiger partial charge in [-0.15, -0.1) is 0 Å². The minimum absolute atomic E-state index is 0.0568. The first-order chi connectivity index (χ1) is 13.0. The molecule has 1 saturated heterocycles. The Hall–Kier alpha value is -1.88. The van der Waals surface area contributed by atoms with Crippen molar-refractivity contribution in [1.29, 1.82) is 0 Å². The number of likely N-dealkylation sites (tertiary alicyclic amines) is 1. The minimum Gasteiger partial charge on any atom is -0.480 e. The molecule has 1 aromatic rings. The highest BCUT2D eigenvalue weighted by Crippen LogP contribution is 2.32. The van der Waals surface area contributed by atoms with Crippen LogP contribution in [0, 0.1) is 0 Å². The second kappa shape index (κ2) is 9.36. The van der Waals surface area contributed by atoms with Crippen LogP contribution in [0.25, 0.3) is 0 Å². The fourth-order valence-corrected chi connectivity index (χ4v) is 4.58. The van der Waals surface area contributed by atoms with Crippen molar-refractivity contribution in [3.05, 3.63) is 35.4 Å². The van der Waals surface area contributed by atoms with E-state index in [2.05, 4.69) is 12.1 Å². The molecule has 5 nitrogen and oxygen atoms in total. The molecule has 1 heterocycles. The smallest absolute Gasteiger partial charge is 0.317 e. The molecule has 0 radical (unpaired) electrons. The number of benzene rings is 1. The predicted octanol–water partition coefficient (Wildman–Crippen LogP) is 3.75. The number of amides is 1. The molecular formula is C22H32N2O3. The van der Waals surface area contributed by atoms with Crippen LogP contribution in [-0.4, -0.2) is 59.5 Å². The average molecular weight is 373 g/mol. The highest BCUT2D eigenvalue weighted by atomic mass is 16.4. The number of aliphatic carboxylic acids is 1. The molecule has 2 fully saturated rings. The summed E-state index contributed by atoms with van der Waals surface area (Å²) in [5.74, 6) is -0.0360. The zero-order valence-electron chi connectivity index (χ0n) is 16.4. The van der Waals surface area contributed by atoms with Crippen molar-refractivity contribution in [1.82, 2.24) is 9.80 Å². The third-order valence-corrected chi connectivity index (χ3v) is 6.23. The summed E-state index contributed by atoms with van der Waals surface area (Å²) >= 11 is 0. The topological polar surface area (TPSA) is 60.9 Å². The number of rotatable bonds is 5. The number of likely N-dealkylation sites (N-methyl/N-ethyl adjacent to an activating group) is 1. The SMILES string of the molecule is CN(CC(=O)O)[C@@H]1CCCN(C(=O)c2ccc(C3CCCCC3)cc2)CC1. The molecule has 148 valence electrons. The van der Waals surface area contributed by atoms with Gasteiger partial charge < -0.3 is 10.0 Å². The molecule has 1 atom stereocenters. The molecule has 0 aromatic heterocycles. The van der Waals surface area contributed by atoms with Crippen LogP contribution in [0.4, 0.5) is 0 Å². The molecular weight excluding hydrogens is 340 g/mol. The summed E-state index contributed by atoms with van der Waals surface area (Å²) in [5, 5.41) is 8.98. The van der Waals surface area contributed by atoms with Crippen LogP contribution in [0.5, 0.6) is 0 Å². The Bertz CT molecular complexity index is 637. The van der Waals surface area contributed by atoms with Gasteiger partial charge in [0.25, 0.3) is 5.91 Å². The molecule has 1 aliphatic heterocycles. The Kier molecular flexibility index (Phi) is 6.89. The summed E-state index contributed by atoms with van der Waals surface area (Å²) in [7, 11) is 1.86. The Labute approximate surface area is 162 Å². The van der Waals surface area contributed by atoms with E-state index in [0.717, 1.165) is 31.4 Å². The number of carboxylic acid groups (broad SMARTS) is 1. The fourth-order valence-electron chi connectivity index (χ4n) is 4.58. The lowest BCUT2D eigenvalue weighted by Gasteiger charge is -2.26. The summed E-state index contributed by atoms with van der Waals surface area (Å²) < 4.78 is 0. The number of hydrogen-bond acceptors (Lipinski definition) is 3. The third kappa shape index (κ3) is 5.32. The Morgan fingerprint density at radius 3 is 2.37 bits per heavy atom. The molecule has 1 amide bonds. The normalized spacial score (nSPS) is 21.9. The van der Waals surface area contributed by atoms with Gasteiger partial charge in [0.15, 0.2) is 0 Å². The number of hydrogen-bond donors (Lipinski definition) is 1. The van der Waals surface area contributed by atoms with Crippen molar-refractivity contribution in [2.24, 2.45) is 0 Å². The van der Waals surface area contributed by atoms with E-state index in [1.807, 2.05) is 29.0 Å². The van der Waals surface area contributed by atoms with E-state index >= 15 is 0 Å². The molecule has 0 spiro atoms. The molecule has 0 bridgehead atoms. The standard InChI is InChI=1S/C22H32N2O3/c1-23(16-21(25)26)20-8-5-14-24(15-13-20)22(27)19-11-9-18(10-12-19)17-6-3-2-4-7-17/h9-12,17,20H,2-8,13-16H2,1H3,(H,25,26)/t20-/m1/s1. The first-order valence-corrected chi connectivity index (χ1v) is 10.4. The van der Waals surface area contributed by atoms with E-state index in [1.165, 1.54) is 37.7 Å². The summed E-state index contributed by atoms with van der Waals surface area (Å²) in [6, 6.07) is 8.50. The van der Waals surface area contributed by atoms with Crippen molar-refractivity contribution in [2.45, 2.75) is 63.3 Å². The molecule has 1 aromatic carbocycles. The van der Waals surface area contributed by atoms with Crippen LogP contribution in [0.1, 0.15) is 73.2 Å². The molecule has 27 heavy (non-hydrogen) atoms. The van der Waals surface area contributed by atoms with Crippen molar-refractivity contribution < 1.29 is 14.7 Å². The van der Waals surface area contributed by atoms with Crippen molar-refractivity contribution in [3.8, 4) is 0 Å². The number of carbonyl (C=O) groups excluding carboxylic acids is 1. The van der Waals surface area contributed by atoms with Crippen LogP contribution in [0.15, 0.2) is 24.3 Å². The maximum Gasteiger partial charge on any atom is 0.317 e. The van der Waals surface area contributed by atoms with Gasteiger partial charge in [-0.3, -0.25) is 14.5 Å². The summed E-state index contributed by atoms with van der Waals surface area (Å²) in [6.07, 6.45) is 9.21. The summed E-state index contributed by atoms with van der Waals surface area (Å²) in [4.78, 5) is 27.7. The van der Waals surface area contributed by atoms with Gasteiger partial charge in [-0.25, -0.2) is 0 Å². The van der Waals surface area contributed by atoms with Gasteiger partial charge in [-0.05, 0) is 62.8 Å². The molecule has 2 aliphatic rings. The average Bonchev–Trinajstić information content (AvgIpc) is 2.94. The molecule has 5 heteroatoms. The lowest BCUT2D eigenvalue weighted by molar-refractivity contribution is -0.138. The van der Waals surface area contributed by atoms with Gasteiger partial charge in [0.2, 0.25) is 0 Å². The van der Waals surface area contributed by atoms with E-state index in [-0.39, 0.29) is 18.5 Å². The van der Waals surface area contributed by atoms with Crippen LogP contribution >= 0.6 is 0 Å². The zero-order chi connectivity index (χ0) is 19.2. The lowest BCUT2D eigenvalue weighted by atomic mass is 9.84. The van der Waals surface area contributed by atoms with Gasteiger partial charge >= 0.3 is 5.97 Å². The maximum atomic E-state index is 12.9. The molecule has 1 N–H and O–H groups in total. The van der Waals surface area contributed by atoms with Crippen LogP contribution in [0.2, 0.25) is 0 Å². The maximum absolute atomic E-state index is 12.9. The quantitative estimate of drug-likeness (QED) is 0.855. The van der Waals surface area contributed by atoms with Crippen molar-refractivity contribution in [2.75, 3.05) is 26.7 Å². The predicted molar refractivity (Wildman–Crippen MR) is 106 cm³/mol. The first kappa shape index (κ1) is 19.9. The molecule has 1 saturated carbocycles. The van der Waals surface area contributed by atoms with Gasteiger partial charge in [-0.1, -0.05) is 31.4 Å². The largest absolute Gasteiger partial charge is 0.480 e. The van der Waals surface area contributed by atoms with E-state index < -0.39 is 5.97 Å². The van der Waals surface area contributed by atoms with Crippen molar-refractivity contribution >= 4 is 11.9 Å². The highest BCUT2D eigenvalue weighted by Gasteiger charge is 2.25. The van der Waals surface area contributed by atoms with Crippen LogP contribution in [0.3, 0.4) is 0 Å². The summed E-state index contributed by atoms with van der Waals surface area (Å²) in [6.45, 7) is 1.50. The third-order valence-electron chi connectivity index (χ3n) is 6.23. The fraction of sp³-hybridized carbons (Fsp3) is 0.636. The van der Waals surface area contributed by atoms with Gasteiger partial charge in [-0.2, -0.15) is 0 Å². The van der Waals surface area contributed by atoms with E-state index in [0.29, 0.717) is 12.5 Å². The van der Waals surface area contributed by atoms with Gasteiger partial charge in [0.05, 0.1) is 6.54 Å². The monoisotopic (exact) mass is 372 g/mol. The second-order valence-electron chi connectivity index (χ2n) is 8.14. The molecule has 0 unspecified atom stereocenters. The Balaban J connectivity index is 1.58. The van der Waals surface area contributed by atoms with Crippen molar-refractivity contribution in [3.63, 3.8) is 0 Å². The lowest BCUT2D eigenvalue weighted by Crippen LogP contribution is -2.37. The van der Waals surface area contributed by atoms with E-state index in [9.17, 15) is 9.59 Å². The van der Waals surface area contributed by atoms with E-state index in [1.54, 1.807) is 0 Å². The Morgan fingerprint density at radius 2 is 1.70 bits per heavy atom. The van der Waals surface area contributed by atoms with Gasteiger partial charge in [0, 0.05) is 24.7 Å². The number of carboxylic acids is 1. The minimum atomic E-state index is -0.798. The van der Waals surface area contributed by atoms with Crippen LogP contribution < -0.4 is 0 Å². The molecule has 3 rings (SSSR count). The first-order valence-electron chi connectivity index (χ1n) is 10.4. The summed E-state index contributed by atoms with van der Waals surface area (Å²) in [5.41, 5.74) is 2.14. The molecule has 1 aliphatic carbocycles. The van der Waals surface area contributed by atoms with Crippen LogP contribution in [-0.2, 0) is 4.79 Å². The Morgan fingerprint density at radius 1 is 1.00 bits per heavy atom.